The van der Waals surface area contributed by atoms with Gasteiger partial charge in [-0.05, 0) is 24.6 Å². The maximum atomic E-state index is 12.1. The second-order valence-electron chi connectivity index (χ2n) is 5.65. The Morgan fingerprint density at radius 1 is 1.15 bits per heavy atom. The molecule has 8 nitrogen and oxygen atoms in total. The molecule has 142 valence electrons. The fourth-order valence-corrected chi connectivity index (χ4v) is 2.72. The SMILES string of the molecule is CCOC(=O)[C@@H](O)[C@@H](c1ccc(OC(C)=O)cc1)c1ccccc1[N+](=O)[O-]. The highest BCUT2D eigenvalue weighted by atomic mass is 16.6. The Bertz CT molecular complexity index is 832. The summed E-state index contributed by atoms with van der Waals surface area (Å²) in [6.07, 6.45) is -1.65. The number of carbonyl (C=O) groups excluding carboxylic acids is 2. The second-order valence-corrected chi connectivity index (χ2v) is 5.65. The summed E-state index contributed by atoms with van der Waals surface area (Å²) < 4.78 is 9.84. The standard InChI is InChI=1S/C19H19NO7/c1-3-26-19(23)18(22)17(15-6-4-5-7-16(15)20(24)25)13-8-10-14(11-9-13)27-12(2)21/h4-11,17-18,22H,3H2,1-2H3/t17-,18-/m0/s1. The van der Waals surface area contributed by atoms with Crippen molar-refractivity contribution < 1.29 is 29.1 Å². The molecule has 2 aromatic rings. The third kappa shape index (κ3) is 4.89. The lowest BCUT2D eigenvalue weighted by molar-refractivity contribution is -0.385. The lowest BCUT2D eigenvalue weighted by Gasteiger charge is -2.22. The zero-order valence-corrected chi connectivity index (χ0v) is 14.8. The van der Waals surface area contributed by atoms with Crippen molar-refractivity contribution in [3.63, 3.8) is 0 Å². The van der Waals surface area contributed by atoms with Crippen molar-refractivity contribution in [1.29, 1.82) is 0 Å². The van der Waals surface area contributed by atoms with E-state index in [9.17, 15) is 24.8 Å². The molecule has 0 unspecified atom stereocenters. The van der Waals surface area contributed by atoms with Crippen LogP contribution in [0.5, 0.6) is 5.75 Å². The fourth-order valence-electron chi connectivity index (χ4n) is 2.72. The molecule has 2 aromatic carbocycles. The number of aliphatic hydroxyl groups excluding tert-OH is 1. The van der Waals surface area contributed by atoms with E-state index < -0.39 is 28.9 Å². The lowest BCUT2D eigenvalue weighted by Crippen LogP contribution is -2.31. The second kappa shape index (κ2) is 8.91. The van der Waals surface area contributed by atoms with Crippen molar-refractivity contribution in [3.8, 4) is 5.75 Å². The molecule has 0 aliphatic heterocycles. The number of nitrogens with zero attached hydrogens (tertiary/aromatic N) is 1. The first-order valence-electron chi connectivity index (χ1n) is 8.21. The zero-order valence-electron chi connectivity index (χ0n) is 14.8. The quantitative estimate of drug-likeness (QED) is 0.343. The summed E-state index contributed by atoms with van der Waals surface area (Å²) in [5.41, 5.74) is 0.374. The average Bonchev–Trinajstić information content (AvgIpc) is 2.63. The topological polar surface area (TPSA) is 116 Å². The van der Waals surface area contributed by atoms with Crippen LogP contribution in [0.1, 0.15) is 30.9 Å². The Morgan fingerprint density at radius 3 is 2.33 bits per heavy atom. The molecule has 0 radical (unpaired) electrons. The van der Waals surface area contributed by atoms with E-state index in [1.54, 1.807) is 13.0 Å². The molecule has 0 spiro atoms. The molecular weight excluding hydrogens is 354 g/mol. The molecule has 0 heterocycles. The number of hydrogen-bond donors (Lipinski definition) is 1. The summed E-state index contributed by atoms with van der Waals surface area (Å²) >= 11 is 0. The third-order valence-corrected chi connectivity index (χ3v) is 3.81. The predicted molar refractivity (Wildman–Crippen MR) is 95.3 cm³/mol. The molecule has 0 saturated heterocycles. The summed E-state index contributed by atoms with van der Waals surface area (Å²) in [4.78, 5) is 34.0. The van der Waals surface area contributed by atoms with Gasteiger partial charge in [0.05, 0.1) is 17.4 Å². The molecule has 0 aliphatic carbocycles. The highest BCUT2D eigenvalue weighted by molar-refractivity contribution is 5.77. The Morgan fingerprint density at radius 2 is 1.78 bits per heavy atom. The molecule has 27 heavy (non-hydrogen) atoms. The van der Waals surface area contributed by atoms with Crippen molar-refractivity contribution >= 4 is 17.6 Å². The largest absolute Gasteiger partial charge is 0.464 e. The number of rotatable bonds is 7. The van der Waals surface area contributed by atoms with Gasteiger partial charge >= 0.3 is 11.9 Å². The molecule has 1 N–H and O–H groups in total. The molecular formula is C19H19NO7. The monoisotopic (exact) mass is 373 g/mol. The van der Waals surface area contributed by atoms with Crippen LogP contribution in [0, 0.1) is 10.1 Å². The summed E-state index contributed by atoms with van der Waals surface area (Å²) in [5, 5.41) is 22.0. The van der Waals surface area contributed by atoms with Crippen LogP contribution in [0.2, 0.25) is 0 Å². The Hall–Kier alpha value is -3.26. The number of nitro benzene ring substituents is 1. The van der Waals surface area contributed by atoms with Gasteiger partial charge in [-0.1, -0.05) is 30.3 Å². The van der Waals surface area contributed by atoms with Gasteiger partial charge in [-0.15, -0.1) is 0 Å². The minimum Gasteiger partial charge on any atom is -0.464 e. The van der Waals surface area contributed by atoms with Crippen LogP contribution >= 0.6 is 0 Å². The first-order chi connectivity index (χ1) is 12.8. The van der Waals surface area contributed by atoms with E-state index in [-0.39, 0.29) is 23.6 Å². The van der Waals surface area contributed by atoms with E-state index in [1.165, 1.54) is 49.4 Å². The van der Waals surface area contributed by atoms with E-state index in [0.717, 1.165) is 0 Å². The van der Waals surface area contributed by atoms with Crippen molar-refractivity contribution in [1.82, 2.24) is 0 Å². The van der Waals surface area contributed by atoms with Gasteiger partial charge in [0.1, 0.15) is 5.75 Å². The van der Waals surface area contributed by atoms with Crippen LogP contribution < -0.4 is 4.74 Å². The normalized spacial score (nSPS) is 12.7. The zero-order chi connectivity index (χ0) is 20.0. The van der Waals surface area contributed by atoms with Crippen LogP contribution in [0.25, 0.3) is 0 Å². The van der Waals surface area contributed by atoms with Crippen molar-refractivity contribution in [2.24, 2.45) is 0 Å². The molecule has 0 aromatic heterocycles. The molecule has 8 heteroatoms. The first kappa shape index (κ1) is 20.1. The minimum absolute atomic E-state index is 0.0604. The number of carbonyl (C=O) groups is 2. The Kier molecular flexibility index (Phi) is 6.62. The van der Waals surface area contributed by atoms with E-state index in [1.807, 2.05) is 0 Å². The van der Waals surface area contributed by atoms with E-state index in [2.05, 4.69) is 0 Å². The predicted octanol–water partition coefficient (Wildman–Crippen LogP) is 2.58. The third-order valence-electron chi connectivity index (χ3n) is 3.81. The number of nitro groups is 1. The highest BCUT2D eigenvalue weighted by Crippen LogP contribution is 2.35. The highest BCUT2D eigenvalue weighted by Gasteiger charge is 2.34. The number of aliphatic hydroxyl groups is 1. The van der Waals surface area contributed by atoms with E-state index in [0.29, 0.717) is 5.56 Å². The molecule has 0 bridgehead atoms. The maximum Gasteiger partial charge on any atom is 0.335 e. The molecule has 2 atom stereocenters. The molecule has 2 rings (SSSR count). The van der Waals surface area contributed by atoms with Crippen LogP contribution in [0.15, 0.2) is 48.5 Å². The number of ether oxygens (including phenoxy) is 2. The van der Waals surface area contributed by atoms with Crippen molar-refractivity contribution in [3.05, 3.63) is 69.8 Å². The Labute approximate surface area is 155 Å². The van der Waals surface area contributed by atoms with E-state index >= 15 is 0 Å². The van der Waals surface area contributed by atoms with Crippen LogP contribution in [0.4, 0.5) is 5.69 Å². The number of esters is 2. The number of hydrogen-bond acceptors (Lipinski definition) is 7. The van der Waals surface area contributed by atoms with Crippen molar-refractivity contribution in [2.75, 3.05) is 6.61 Å². The molecule has 0 amide bonds. The summed E-state index contributed by atoms with van der Waals surface area (Å²) in [6.45, 7) is 2.91. The number of para-hydroxylation sites is 1. The molecule has 0 saturated carbocycles. The fraction of sp³-hybridized carbons (Fsp3) is 0.263. The Balaban J connectivity index is 2.52. The van der Waals surface area contributed by atoms with Gasteiger partial charge in [-0.2, -0.15) is 0 Å². The van der Waals surface area contributed by atoms with Gasteiger partial charge in [0.25, 0.3) is 5.69 Å². The van der Waals surface area contributed by atoms with Crippen LogP contribution in [-0.4, -0.2) is 34.7 Å². The smallest absolute Gasteiger partial charge is 0.335 e. The van der Waals surface area contributed by atoms with E-state index in [4.69, 9.17) is 9.47 Å². The maximum absolute atomic E-state index is 12.1. The van der Waals surface area contributed by atoms with Gasteiger partial charge < -0.3 is 14.6 Å². The van der Waals surface area contributed by atoms with Crippen molar-refractivity contribution in [2.45, 2.75) is 25.9 Å². The summed E-state index contributed by atoms with van der Waals surface area (Å²) in [5.74, 6) is -2.13. The summed E-state index contributed by atoms with van der Waals surface area (Å²) in [6, 6.07) is 11.9. The average molecular weight is 373 g/mol. The lowest BCUT2D eigenvalue weighted by atomic mass is 9.85. The van der Waals surface area contributed by atoms with Gasteiger partial charge in [-0.25, -0.2) is 4.79 Å². The first-order valence-corrected chi connectivity index (χ1v) is 8.21. The van der Waals surface area contributed by atoms with Gasteiger partial charge in [0, 0.05) is 18.6 Å². The van der Waals surface area contributed by atoms with Crippen LogP contribution in [0.3, 0.4) is 0 Å². The van der Waals surface area contributed by atoms with Crippen LogP contribution in [-0.2, 0) is 14.3 Å². The summed E-state index contributed by atoms with van der Waals surface area (Å²) in [7, 11) is 0. The van der Waals surface area contributed by atoms with Gasteiger partial charge in [-0.3, -0.25) is 14.9 Å². The number of benzene rings is 2. The molecule has 0 aliphatic rings. The molecule has 0 fully saturated rings. The van der Waals surface area contributed by atoms with Gasteiger partial charge in [0.15, 0.2) is 6.10 Å². The minimum atomic E-state index is -1.65. The van der Waals surface area contributed by atoms with Gasteiger partial charge in [0.2, 0.25) is 0 Å².